The number of nitrogens with zero attached hydrogens (tertiary/aromatic N) is 3. The lowest BCUT2D eigenvalue weighted by molar-refractivity contribution is 0.0767. The van der Waals surface area contributed by atoms with Crippen LogP contribution in [-0.4, -0.2) is 40.5 Å². The van der Waals surface area contributed by atoms with Crippen molar-refractivity contribution in [3.63, 3.8) is 0 Å². The minimum Gasteiger partial charge on any atom is -0.492 e. The zero-order valence-corrected chi connectivity index (χ0v) is 13.7. The lowest BCUT2D eigenvalue weighted by atomic mass is 10.3. The molecule has 6 nitrogen and oxygen atoms in total. The number of rotatable bonds is 7. The minimum atomic E-state index is -0.0986. The summed E-state index contributed by atoms with van der Waals surface area (Å²) in [6, 6.07) is 9.18. The highest BCUT2D eigenvalue weighted by Gasteiger charge is 2.15. The van der Waals surface area contributed by atoms with Gasteiger partial charge in [-0.25, -0.2) is 9.97 Å². The molecule has 0 aliphatic carbocycles. The van der Waals surface area contributed by atoms with Gasteiger partial charge in [-0.1, -0.05) is 12.1 Å². The van der Waals surface area contributed by atoms with Crippen LogP contribution < -0.4 is 10.1 Å². The zero-order chi connectivity index (χ0) is 16.7. The highest BCUT2D eigenvalue weighted by Crippen LogP contribution is 2.26. The van der Waals surface area contributed by atoms with Crippen LogP contribution in [0.1, 0.15) is 31.3 Å². The number of ether oxygens (including phenoxy) is 1. The summed E-state index contributed by atoms with van der Waals surface area (Å²) in [5.74, 6) is 0.993. The first-order chi connectivity index (χ1) is 11.2. The highest BCUT2D eigenvalue weighted by atomic mass is 16.5. The fourth-order valence-corrected chi connectivity index (χ4v) is 2.18. The molecule has 0 aliphatic rings. The number of aromatic nitrogens is 2. The Labute approximate surface area is 136 Å². The van der Waals surface area contributed by atoms with Crippen LogP contribution in [0.4, 0.5) is 11.6 Å². The van der Waals surface area contributed by atoms with Crippen LogP contribution in [0.3, 0.4) is 0 Å². The number of carbonyl (C=O) groups excluding carboxylic acids is 1. The van der Waals surface area contributed by atoms with Gasteiger partial charge in [-0.15, -0.1) is 0 Å². The number of hydrogen-bond acceptors (Lipinski definition) is 5. The third-order valence-corrected chi connectivity index (χ3v) is 3.36. The van der Waals surface area contributed by atoms with Gasteiger partial charge in [0.2, 0.25) is 5.95 Å². The lowest BCUT2D eigenvalue weighted by Crippen LogP contribution is -2.31. The molecule has 6 heteroatoms. The fourth-order valence-electron chi connectivity index (χ4n) is 2.18. The highest BCUT2D eigenvalue weighted by molar-refractivity contribution is 5.92. The Hall–Kier alpha value is -2.63. The summed E-state index contributed by atoms with van der Waals surface area (Å²) in [5, 5.41) is 3.11. The maximum Gasteiger partial charge on any atom is 0.272 e. The third kappa shape index (κ3) is 4.18. The molecule has 0 bridgehead atoms. The summed E-state index contributed by atoms with van der Waals surface area (Å²) in [6.45, 7) is 7.68. The molecule has 0 fully saturated rings. The van der Waals surface area contributed by atoms with Gasteiger partial charge < -0.3 is 15.0 Å². The van der Waals surface area contributed by atoms with E-state index in [2.05, 4.69) is 15.3 Å². The first-order valence-corrected chi connectivity index (χ1v) is 7.80. The van der Waals surface area contributed by atoms with Crippen LogP contribution in [-0.2, 0) is 0 Å². The topological polar surface area (TPSA) is 67.3 Å². The van der Waals surface area contributed by atoms with Gasteiger partial charge in [0, 0.05) is 19.3 Å². The second-order valence-electron chi connectivity index (χ2n) is 4.80. The van der Waals surface area contributed by atoms with E-state index < -0.39 is 0 Å². The quantitative estimate of drug-likeness (QED) is 0.850. The lowest BCUT2D eigenvalue weighted by Gasteiger charge is -2.18. The molecule has 122 valence electrons. The van der Waals surface area contributed by atoms with E-state index in [1.807, 2.05) is 45.0 Å². The standard InChI is InChI=1S/C17H22N4O2/c1-4-21(5-2)16(22)14-11-12-18-17(20-14)19-13-9-7-8-10-15(13)23-6-3/h7-12H,4-6H2,1-3H3,(H,18,19,20). The van der Waals surface area contributed by atoms with Crippen molar-refractivity contribution in [3.8, 4) is 5.75 Å². The zero-order valence-electron chi connectivity index (χ0n) is 13.7. The van der Waals surface area contributed by atoms with E-state index >= 15 is 0 Å². The molecule has 0 aliphatic heterocycles. The molecule has 1 N–H and O–H groups in total. The van der Waals surface area contributed by atoms with Crippen LogP contribution in [0.2, 0.25) is 0 Å². The number of nitrogens with one attached hydrogen (secondary N) is 1. The average molecular weight is 314 g/mol. The first kappa shape index (κ1) is 16.7. The van der Waals surface area contributed by atoms with Crippen LogP contribution in [0.15, 0.2) is 36.5 Å². The number of carbonyl (C=O) groups is 1. The molecule has 23 heavy (non-hydrogen) atoms. The maximum absolute atomic E-state index is 12.4. The van der Waals surface area contributed by atoms with Gasteiger partial charge in [0.25, 0.3) is 5.91 Å². The van der Waals surface area contributed by atoms with Gasteiger partial charge in [0.15, 0.2) is 0 Å². The molecule has 0 saturated carbocycles. The molecule has 2 rings (SSSR count). The summed E-state index contributed by atoms with van der Waals surface area (Å²) in [7, 11) is 0. The molecule has 1 amide bonds. The van der Waals surface area contributed by atoms with Crippen LogP contribution in [0, 0.1) is 0 Å². The summed E-state index contributed by atoms with van der Waals surface area (Å²) >= 11 is 0. The van der Waals surface area contributed by atoms with Crippen molar-refractivity contribution in [1.82, 2.24) is 14.9 Å². The summed E-state index contributed by atoms with van der Waals surface area (Å²) in [4.78, 5) is 22.6. The van der Waals surface area contributed by atoms with Crippen LogP contribution in [0.25, 0.3) is 0 Å². The second kappa shape index (κ2) is 8.12. The summed E-state index contributed by atoms with van der Waals surface area (Å²) < 4.78 is 5.57. The van der Waals surface area contributed by atoms with E-state index in [-0.39, 0.29) is 5.91 Å². The van der Waals surface area contributed by atoms with Crippen molar-refractivity contribution < 1.29 is 9.53 Å². The molecule has 1 aromatic heterocycles. The number of anilines is 2. The van der Waals surface area contributed by atoms with E-state index in [9.17, 15) is 4.79 Å². The fraction of sp³-hybridized carbons (Fsp3) is 0.353. The average Bonchev–Trinajstić information content (AvgIpc) is 2.58. The summed E-state index contributed by atoms with van der Waals surface area (Å²) in [6.07, 6.45) is 1.58. The molecule has 1 heterocycles. The Bertz CT molecular complexity index is 657. The molecule has 0 saturated heterocycles. The molecule has 0 unspecified atom stereocenters. The molecule has 0 radical (unpaired) electrons. The van der Waals surface area contributed by atoms with Crippen molar-refractivity contribution in [1.29, 1.82) is 0 Å². The van der Waals surface area contributed by atoms with E-state index in [0.29, 0.717) is 31.3 Å². The van der Waals surface area contributed by atoms with E-state index in [1.165, 1.54) is 0 Å². The smallest absolute Gasteiger partial charge is 0.272 e. The van der Waals surface area contributed by atoms with Crippen LogP contribution >= 0.6 is 0 Å². The Kier molecular flexibility index (Phi) is 5.91. The number of benzene rings is 1. The predicted octanol–water partition coefficient (Wildman–Crippen LogP) is 3.10. The third-order valence-electron chi connectivity index (χ3n) is 3.36. The Balaban J connectivity index is 2.22. The summed E-state index contributed by atoms with van der Waals surface area (Å²) in [5.41, 5.74) is 1.14. The van der Waals surface area contributed by atoms with Crippen molar-refractivity contribution in [2.24, 2.45) is 0 Å². The monoisotopic (exact) mass is 314 g/mol. The molecule has 1 aromatic carbocycles. The second-order valence-corrected chi connectivity index (χ2v) is 4.80. The van der Waals surface area contributed by atoms with Crippen LogP contribution in [0.5, 0.6) is 5.75 Å². The van der Waals surface area contributed by atoms with Gasteiger partial charge in [-0.3, -0.25) is 4.79 Å². The minimum absolute atomic E-state index is 0.0986. The van der Waals surface area contributed by atoms with Crippen molar-refractivity contribution >= 4 is 17.5 Å². The Morgan fingerprint density at radius 1 is 1.17 bits per heavy atom. The maximum atomic E-state index is 12.4. The van der Waals surface area contributed by atoms with E-state index in [0.717, 1.165) is 11.4 Å². The van der Waals surface area contributed by atoms with Gasteiger partial charge in [-0.2, -0.15) is 0 Å². The van der Waals surface area contributed by atoms with E-state index in [1.54, 1.807) is 17.2 Å². The molecular weight excluding hydrogens is 292 g/mol. The number of hydrogen-bond donors (Lipinski definition) is 1. The SMILES string of the molecule is CCOc1ccccc1Nc1nccc(C(=O)N(CC)CC)n1. The molecule has 2 aromatic rings. The van der Waals surface area contributed by atoms with Crippen molar-refractivity contribution in [2.45, 2.75) is 20.8 Å². The first-order valence-electron chi connectivity index (χ1n) is 7.80. The normalized spacial score (nSPS) is 10.2. The Morgan fingerprint density at radius 2 is 1.91 bits per heavy atom. The number of para-hydroxylation sites is 2. The largest absolute Gasteiger partial charge is 0.492 e. The van der Waals surface area contributed by atoms with Gasteiger partial charge in [0.1, 0.15) is 11.4 Å². The Morgan fingerprint density at radius 3 is 2.61 bits per heavy atom. The molecular formula is C17H22N4O2. The predicted molar refractivity (Wildman–Crippen MR) is 90.2 cm³/mol. The van der Waals surface area contributed by atoms with Crippen molar-refractivity contribution in [3.05, 3.63) is 42.2 Å². The van der Waals surface area contributed by atoms with Gasteiger partial charge in [0.05, 0.1) is 12.3 Å². The van der Waals surface area contributed by atoms with Gasteiger partial charge >= 0.3 is 0 Å². The van der Waals surface area contributed by atoms with E-state index in [4.69, 9.17) is 4.74 Å². The molecule has 0 spiro atoms. The number of amides is 1. The van der Waals surface area contributed by atoms with Gasteiger partial charge in [-0.05, 0) is 39.0 Å². The molecule has 0 atom stereocenters. The van der Waals surface area contributed by atoms with Crippen molar-refractivity contribution in [2.75, 3.05) is 25.0 Å².